The van der Waals surface area contributed by atoms with Gasteiger partial charge in [-0.05, 0) is 65.2 Å². The molecule has 0 bridgehead atoms. The van der Waals surface area contributed by atoms with Crippen molar-refractivity contribution in [3.63, 3.8) is 0 Å². The fourth-order valence-electron chi connectivity index (χ4n) is 4.01. The van der Waals surface area contributed by atoms with Crippen molar-refractivity contribution in [3.8, 4) is 17.2 Å². The topological polar surface area (TPSA) is 73.9 Å². The summed E-state index contributed by atoms with van der Waals surface area (Å²) in [6.45, 7) is 0.106. The van der Waals surface area contributed by atoms with E-state index in [0.29, 0.717) is 17.1 Å². The molecule has 4 aromatic carbocycles. The Hall–Kier alpha value is -4.70. The number of carbonyl (C=O) groups is 2. The number of amides is 1. The van der Waals surface area contributed by atoms with E-state index in [-0.39, 0.29) is 43.2 Å². The van der Waals surface area contributed by atoms with Crippen molar-refractivity contribution < 1.29 is 41.4 Å². The predicted octanol–water partition coefficient (Wildman–Crippen LogP) is 6.57. The zero-order chi connectivity index (χ0) is 30.0. The smallest absolute Gasteiger partial charge is 0.457 e. The van der Waals surface area contributed by atoms with Crippen molar-refractivity contribution in [2.75, 3.05) is 6.61 Å². The number of hydrogen-bond acceptors (Lipinski definition) is 5. The van der Waals surface area contributed by atoms with Crippen molar-refractivity contribution in [2.24, 2.45) is 0 Å². The van der Waals surface area contributed by atoms with Crippen LogP contribution in [0.3, 0.4) is 0 Å². The molecule has 0 aliphatic rings. The summed E-state index contributed by atoms with van der Waals surface area (Å²) in [6, 6.07) is 25.7. The Morgan fingerprint density at radius 3 is 2.02 bits per heavy atom. The summed E-state index contributed by atoms with van der Waals surface area (Å²) in [5.41, 5.74) is 1.82. The maximum atomic E-state index is 13.3. The van der Waals surface area contributed by atoms with E-state index in [1.54, 1.807) is 24.3 Å². The number of halogens is 4. The molecule has 0 saturated carbocycles. The van der Waals surface area contributed by atoms with Gasteiger partial charge in [0.15, 0.2) is 5.78 Å². The molecular weight excluding hydrogens is 554 g/mol. The van der Waals surface area contributed by atoms with Crippen LogP contribution < -0.4 is 14.8 Å². The van der Waals surface area contributed by atoms with Crippen LogP contribution in [0, 0.1) is 5.82 Å². The first-order valence-corrected chi connectivity index (χ1v) is 12.9. The minimum Gasteiger partial charge on any atom is -0.457 e. The van der Waals surface area contributed by atoms with Crippen LogP contribution in [0.25, 0.3) is 0 Å². The predicted molar refractivity (Wildman–Crippen MR) is 146 cm³/mol. The lowest BCUT2D eigenvalue weighted by Crippen LogP contribution is -2.45. The van der Waals surface area contributed by atoms with Gasteiger partial charge in [0.05, 0.1) is 19.6 Å². The zero-order valence-electron chi connectivity index (χ0n) is 22.3. The molecule has 0 aromatic heterocycles. The number of hydrogen-bond donors (Lipinski definition) is 1. The third kappa shape index (κ3) is 10.0. The molecule has 0 aliphatic carbocycles. The van der Waals surface area contributed by atoms with Gasteiger partial charge in [0.2, 0.25) is 5.91 Å². The Labute approximate surface area is 239 Å². The van der Waals surface area contributed by atoms with Gasteiger partial charge < -0.3 is 19.5 Å². The van der Waals surface area contributed by atoms with Crippen LogP contribution in [0.1, 0.15) is 16.7 Å². The van der Waals surface area contributed by atoms with E-state index < -0.39 is 24.1 Å². The SMILES string of the molecule is O=C(Cc1cccc(OC(F)(F)F)c1)N[C@@H](COCc1ccccc1)C(=O)Cc1ccc(Oc2ccc(F)cc2)cc1. The molecule has 4 aromatic rings. The molecule has 0 saturated heterocycles. The number of nitrogens with one attached hydrogen (secondary N) is 1. The summed E-state index contributed by atoms with van der Waals surface area (Å²) in [5.74, 6) is -0.769. The number of rotatable bonds is 13. The standard InChI is InChI=1S/C32H27F4NO5/c33-25-11-15-27(16-12-25)41-26-13-9-22(10-14-26)18-30(38)29(21-40-20-23-5-2-1-3-6-23)37-31(39)19-24-7-4-8-28(17-24)42-32(34,35)36/h1-17,29H,18-21H2,(H,37,39)/t29-/m0/s1. The molecule has 218 valence electrons. The van der Waals surface area contributed by atoms with E-state index in [2.05, 4.69) is 10.1 Å². The van der Waals surface area contributed by atoms with Crippen LogP contribution in [-0.2, 0) is 33.8 Å². The Balaban J connectivity index is 1.39. The molecule has 0 heterocycles. The first-order valence-electron chi connectivity index (χ1n) is 12.9. The van der Waals surface area contributed by atoms with Gasteiger partial charge in [-0.15, -0.1) is 13.2 Å². The summed E-state index contributed by atoms with van der Waals surface area (Å²) >= 11 is 0. The highest BCUT2D eigenvalue weighted by molar-refractivity contribution is 5.91. The van der Waals surface area contributed by atoms with Crippen LogP contribution >= 0.6 is 0 Å². The van der Waals surface area contributed by atoms with Gasteiger partial charge in [0.25, 0.3) is 0 Å². The first kappa shape index (κ1) is 30.3. The van der Waals surface area contributed by atoms with E-state index in [1.165, 1.54) is 36.4 Å². The van der Waals surface area contributed by atoms with Crippen molar-refractivity contribution in [3.05, 3.63) is 126 Å². The van der Waals surface area contributed by atoms with Crippen molar-refractivity contribution in [2.45, 2.75) is 31.9 Å². The molecule has 42 heavy (non-hydrogen) atoms. The maximum absolute atomic E-state index is 13.3. The van der Waals surface area contributed by atoms with Crippen molar-refractivity contribution in [1.82, 2.24) is 5.32 Å². The third-order valence-electron chi connectivity index (χ3n) is 5.97. The molecule has 0 unspecified atom stereocenters. The lowest BCUT2D eigenvalue weighted by Gasteiger charge is -2.19. The Kier molecular flexibility index (Phi) is 10.3. The zero-order valence-corrected chi connectivity index (χ0v) is 22.3. The molecule has 6 nitrogen and oxygen atoms in total. The van der Waals surface area contributed by atoms with E-state index in [0.717, 1.165) is 17.7 Å². The van der Waals surface area contributed by atoms with Crippen LogP contribution in [0.2, 0.25) is 0 Å². The number of alkyl halides is 3. The maximum Gasteiger partial charge on any atom is 0.573 e. The molecule has 1 atom stereocenters. The van der Waals surface area contributed by atoms with E-state index in [1.807, 2.05) is 30.3 Å². The number of ketones is 1. The quantitative estimate of drug-likeness (QED) is 0.181. The second-order valence-electron chi connectivity index (χ2n) is 9.34. The van der Waals surface area contributed by atoms with E-state index in [4.69, 9.17) is 9.47 Å². The van der Waals surface area contributed by atoms with Gasteiger partial charge in [-0.2, -0.15) is 0 Å². The second kappa shape index (κ2) is 14.3. The Morgan fingerprint density at radius 2 is 1.36 bits per heavy atom. The number of carbonyl (C=O) groups excluding carboxylic acids is 2. The molecule has 4 rings (SSSR count). The number of Topliss-reactive ketones (excluding diaryl/α,β-unsaturated/α-hetero) is 1. The van der Waals surface area contributed by atoms with E-state index in [9.17, 15) is 27.2 Å². The minimum atomic E-state index is -4.86. The lowest BCUT2D eigenvalue weighted by molar-refractivity contribution is -0.274. The molecule has 1 amide bonds. The molecule has 0 aliphatic heterocycles. The Bertz CT molecular complexity index is 1460. The van der Waals surface area contributed by atoms with Crippen LogP contribution in [0.5, 0.6) is 17.2 Å². The minimum absolute atomic E-state index is 0.0224. The fraction of sp³-hybridized carbons (Fsp3) is 0.188. The third-order valence-corrected chi connectivity index (χ3v) is 5.97. The largest absolute Gasteiger partial charge is 0.573 e. The van der Waals surface area contributed by atoms with E-state index >= 15 is 0 Å². The number of benzene rings is 4. The highest BCUT2D eigenvalue weighted by atomic mass is 19.4. The van der Waals surface area contributed by atoms with Gasteiger partial charge in [0, 0.05) is 6.42 Å². The highest BCUT2D eigenvalue weighted by Gasteiger charge is 2.31. The molecule has 1 N–H and O–H groups in total. The molecular formula is C32H27F4NO5. The first-order chi connectivity index (χ1) is 20.1. The van der Waals surface area contributed by atoms with Crippen LogP contribution in [0.4, 0.5) is 17.6 Å². The molecule has 0 spiro atoms. The summed E-state index contributed by atoms with van der Waals surface area (Å²) in [4.78, 5) is 26.1. The van der Waals surface area contributed by atoms with Crippen molar-refractivity contribution in [1.29, 1.82) is 0 Å². The van der Waals surface area contributed by atoms with Gasteiger partial charge in [-0.3, -0.25) is 9.59 Å². The molecule has 10 heteroatoms. The summed E-state index contributed by atoms with van der Waals surface area (Å²) in [6.07, 6.45) is -5.15. The highest BCUT2D eigenvalue weighted by Crippen LogP contribution is 2.24. The van der Waals surface area contributed by atoms with Crippen molar-refractivity contribution >= 4 is 11.7 Å². The van der Waals surface area contributed by atoms with Crippen LogP contribution in [0.15, 0.2) is 103 Å². The number of ether oxygens (including phenoxy) is 3. The van der Waals surface area contributed by atoms with Gasteiger partial charge in [0.1, 0.15) is 29.1 Å². The molecule has 0 radical (unpaired) electrons. The second-order valence-corrected chi connectivity index (χ2v) is 9.34. The van der Waals surface area contributed by atoms with Crippen LogP contribution in [-0.4, -0.2) is 30.7 Å². The normalized spacial score (nSPS) is 11.9. The lowest BCUT2D eigenvalue weighted by atomic mass is 10.0. The Morgan fingerprint density at radius 1 is 0.714 bits per heavy atom. The summed E-state index contributed by atoms with van der Waals surface area (Å²) < 4.78 is 66.2. The summed E-state index contributed by atoms with van der Waals surface area (Å²) in [5, 5.41) is 2.66. The van der Waals surface area contributed by atoms with Gasteiger partial charge in [-0.25, -0.2) is 4.39 Å². The summed E-state index contributed by atoms with van der Waals surface area (Å²) in [7, 11) is 0. The molecule has 0 fully saturated rings. The monoisotopic (exact) mass is 581 g/mol. The van der Waals surface area contributed by atoms with Gasteiger partial charge >= 0.3 is 6.36 Å². The average molecular weight is 582 g/mol. The average Bonchev–Trinajstić information content (AvgIpc) is 2.94. The van der Waals surface area contributed by atoms with Gasteiger partial charge in [-0.1, -0.05) is 54.6 Å². The fourth-order valence-corrected chi connectivity index (χ4v) is 4.01.